The topological polar surface area (TPSA) is 64.3 Å². The summed E-state index contributed by atoms with van der Waals surface area (Å²) in [7, 11) is 2.29. The number of nitrogens with zero attached hydrogens (tertiary/aromatic N) is 3. The van der Waals surface area contributed by atoms with Crippen molar-refractivity contribution in [1.82, 2.24) is 0 Å². The monoisotopic (exact) mass is 572 g/mol. The number of fused-ring (bicyclic) bond motifs is 2. The summed E-state index contributed by atoms with van der Waals surface area (Å²) in [6.45, 7) is 2.30. The van der Waals surface area contributed by atoms with Gasteiger partial charge in [-0.05, 0) is 30.3 Å². The second-order valence-corrected chi connectivity index (χ2v) is 14.1. The molecular formula is C24H28Cl2N3O3S3+. The molecular weight excluding hydrogens is 545 g/mol. The molecule has 188 valence electrons. The molecule has 0 unspecified atom stereocenters. The fourth-order valence-electron chi connectivity index (χ4n) is 4.03. The minimum Gasteiger partial charge on any atom is -0.748 e. The van der Waals surface area contributed by atoms with E-state index in [4.69, 9.17) is 23.2 Å². The molecule has 0 saturated carbocycles. The lowest BCUT2D eigenvalue weighted by Crippen LogP contribution is -2.37. The van der Waals surface area contributed by atoms with Crippen LogP contribution in [0.25, 0.3) is 16.3 Å². The summed E-state index contributed by atoms with van der Waals surface area (Å²) in [5.74, 6) is -0.399. The van der Waals surface area contributed by atoms with Gasteiger partial charge in [-0.1, -0.05) is 46.3 Å². The Balaban J connectivity index is 1.72. The molecule has 6 nitrogen and oxygen atoms in total. The third-order valence-electron chi connectivity index (χ3n) is 5.62. The number of benzene rings is 2. The SMILES string of the molecule is C[N+](C)(C)CCCN1C(=Cc2sc3ccc(Cl)cc3[n+]2CCCS(=O)(=O)[O-])Sc2ccc(Cl)cc21. The van der Waals surface area contributed by atoms with Crippen molar-refractivity contribution in [2.24, 2.45) is 0 Å². The highest BCUT2D eigenvalue weighted by molar-refractivity contribution is 8.03. The van der Waals surface area contributed by atoms with Crippen LogP contribution in [0.4, 0.5) is 5.69 Å². The molecule has 1 aromatic heterocycles. The number of hydrogen-bond acceptors (Lipinski definition) is 6. The molecule has 0 saturated heterocycles. The average Bonchev–Trinajstić information content (AvgIpc) is 3.24. The molecule has 0 radical (unpaired) electrons. The van der Waals surface area contributed by atoms with Gasteiger partial charge in [0.15, 0.2) is 6.54 Å². The maximum Gasteiger partial charge on any atom is 0.265 e. The van der Waals surface area contributed by atoms with E-state index in [-0.39, 0.29) is 6.42 Å². The van der Waals surface area contributed by atoms with Gasteiger partial charge >= 0.3 is 0 Å². The summed E-state index contributed by atoms with van der Waals surface area (Å²) in [5, 5.41) is 3.38. The number of hydrogen-bond donors (Lipinski definition) is 0. The normalized spacial score (nSPS) is 15.4. The lowest BCUT2D eigenvalue weighted by atomic mass is 10.2. The van der Waals surface area contributed by atoms with Crippen molar-refractivity contribution in [3.8, 4) is 0 Å². The Morgan fingerprint density at radius 3 is 2.51 bits per heavy atom. The first-order valence-electron chi connectivity index (χ1n) is 11.2. The van der Waals surface area contributed by atoms with E-state index >= 15 is 0 Å². The molecule has 1 aliphatic heterocycles. The minimum atomic E-state index is -4.27. The van der Waals surface area contributed by atoms with Crippen LogP contribution in [0.15, 0.2) is 46.3 Å². The number of halogens is 2. The van der Waals surface area contributed by atoms with Crippen LogP contribution in [0.2, 0.25) is 10.0 Å². The Morgan fingerprint density at radius 1 is 1.09 bits per heavy atom. The van der Waals surface area contributed by atoms with Crippen molar-refractivity contribution in [3.63, 3.8) is 0 Å². The molecule has 0 atom stereocenters. The maximum absolute atomic E-state index is 11.2. The molecule has 2 aromatic carbocycles. The standard InChI is InChI=1S/C24H28Cl2N3O3S3/c1-29(2,3)12-4-10-27-19-14-17(25)6-8-21(19)33-23(27)16-24-28(11-5-13-35(30,31)32)20-15-18(26)7-9-22(20)34-24/h6-9,14-16H,4-5,10-13H2,1-3H3/q+1. The van der Waals surface area contributed by atoms with Crippen LogP contribution in [0.3, 0.4) is 0 Å². The molecule has 35 heavy (non-hydrogen) atoms. The number of aryl methyl sites for hydroxylation is 1. The van der Waals surface area contributed by atoms with Gasteiger partial charge in [0.2, 0.25) is 5.52 Å². The van der Waals surface area contributed by atoms with E-state index in [1.165, 1.54) is 0 Å². The summed E-state index contributed by atoms with van der Waals surface area (Å²) in [6.07, 6.45) is 3.40. The second-order valence-electron chi connectivity index (χ2n) is 9.54. The summed E-state index contributed by atoms with van der Waals surface area (Å²) >= 11 is 15.9. The Hall–Kier alpha value is -1.33. The van der Waals surface area contributed by atoms with Crippen LogP contribution in [-0.2, 0) is 16.7 Å². The van der Waals surface area contributed by atoms with E-state index in [9.17, 15) is 13.0 Å². The van der Waals surface area contributed by atoms with Gasteiger partial charge in [-0.3, -0.25) is 0 Å². The Labute approximate surface area is 225 Å². The molecule has 4 rings (SSSR count). The number of quaternary nitrogens is 1. The fraction of sp³-hybridized carbons (Fsp3) is 0.375. The largest absolute Gasteiger partial charge is 0.748 e. The molecule has 0 N–H and O–H groups in total. The van der Waals surface area contributed by atoms with Crippen LogP contribution in [0.1, 0.15) is 17.8 Å². The summed E-state index contributed by atoms with van der Waals surface area (Å²) in [6, 6.07) is 11.7. The molecule has 11 heteroatoms. The molecule has 0 fully saturated rings. The minimum absolute atomic E-state index is 0.237. The van der Waals surface area contributed by atoms with Crippen molar-refractivity contribution >= 4 is 78.4 Å². The van der Waals surface area contributed by atoms with Crippen LogP contribution < -0.4 is 9.47 Å². The first kappa shape index (κ1) is 26.7. The van der Waals surface area contributed by atoms with E-state index in [1.54, 1.807) is 23.1 Å². The zero-order valence-corrected chi connectivity index (χ0v) is 23.8. The van der Waals surface area contributed by atoms with Crippen molar-refractivity contribution < 1.29 is 22.0 Å². The van der Waals surface area contributed by atoms with E-state index in [0.29, 0.717) is 16.6 Å². The van der Waals surface area contributed by atoms with Crippen molar-refractivity contribution in [1.29, 1.82) is 0 Å². The third kappa shape index (κ3) is 6.91. The highest BCUT2D eigenvalue weighted by Gasteiger charge is 2.28. The quantitative estimate of drug-likeness (QED) is 0.194. The highest BCUT2D eigenvalue weighted by atomic mass is 35.5. The van der Waals surface area contributed by atoms with Crippen LogP contribution >= 0.6 is 46.3 Å². The number of thioether (sulfide) groups is 1. The number of rotatable bonds is 9. The zero-order valence-electron chi connectivity index (χ0n) is 19.8. The lowest BCUT2D eigenvalue weighted by Gasteiger charge is -2.26. The van der Waals surface area contributed by atoms with E-state index in [2.05, 4.69) is 36.7 Å². The zero-order chi connectivity index (χ0) is 25.4. The molecule has 1 aliphatic rings. The maximum atomic E-state index is 11.2. The van der Waals surface area contributed by atoms with Gasteiger partial charge in [-0.25, -0.2) is 8.42 Å². The molecule has 0 amide bonds. The fourth-order valence-corrected chi connectivity index (χ4v) is 7.13. The summed E-state index contributed by atoms with van der Waals surface area (Å²) in [5.41, 5.74) is 2.03. The van der Waals surface area contributed by atoms with Crippen molar-refractivity contribution in [2.45, 2.75) is 24.3 Å². The van der Waals surface area contributed by atoms with Gasteiger partial charge in [0.1, 0.15) is 4.70 Å². The van der Waals surface area contributed by atoms with Gasteiger partial charge in [0.05, 0.1) is 54.6 Å². The molecule has 0 spiro atoms. The van der Waals surface area contributed by atoms with Gasteiger partial charge < -0.3 is 13.9 Å². The van der Waals surface area contributed by atoms with Crippen LogP contribution in [-0.4, -0.2) is 57.4 Å². The van der Waals surface area contributed by atoms with Gasteiger partial charge in [-0.2, -0.15) is 4.57 Å². The van der Waals surface area contributed by atoms with Gasteiger partial charge in [0.25, 0.3) is 5.01 Å². The Morgan fingerprint density at radius 2 is 1.80 bits per heavy atom. The molecule has 2 heterocycles. The lowest BCUT2D eigenvalue weighted by molar-refractivity contribution is -0.870. The summed E-state index contributed by atoms with van der Waals surface area (Å²) in [4.78, 5) is 3.46. The Kier molecular flexibility index (Phi) is 8.07. The van der Waals surface area contributed by atoms with E-state index in [0.717, 1.165) is 54.8 Å². The average molecular weight is 574 g/mol. The highest BCUT2D eigenvalue weighted by Crippen LogP contribution is 2.48. The molecule has 0 aliphatic carbocycles. The summed E-state index contributed by atoms with van der Waals surface area (Å²) < 4.78 is 37.6. The van der Waals surface area contributed by atoms with Crippen molar-refractivity contribution in [2.75, 3.05) is 44.9 Å². The van der Waals surface area contributed by atoms with Gasteiger partial charge in [0, 0.05) is 46.1 Å². The first-order valence-corrected chi connectivity index (χ1v) is 15.2. The number of anilines is 1. The van der Waals surface area contributed by atoms with Crippen molar-refractivity contribution in [3.05, 3.63) is 56.5 Å². The predicted molar refractivity (Wildman–Crippen MR) is 146 cm³/mol. The predicted octanol–water partition coefficient (Wildman–Crippen LogP) is 5.44. The molecule has 0 bridgehead atoms. The molecule has 3 aromatic rings. The van der Waals surface area contributed by atoms with Crippen LogP contribution in [0, 0.1) is 0 Å². The first-order chi connectivity index (χ1) is 16.4. The smallest absolute Gasteiger partial charge is 0.265 e. The van der Waals surface area contributed by atoms with Crippen LogP contribution in [0.5, 0.6) is 0 Å². The van der Waals surface area contributed by atoms with Gasteiger partial charge in [-0.15, -0.1) is 0 Å². The number of thiazole rings is 1. The third-order valence-corrected chi connectivity index (χ3v) is 9.10. The van der Waals surface area contributed by atoms with E-state index < -0.39 is 15.9 Å². The Bertz CT molecular complexity index is 1380. The van der Waals surface area contributed by atoms with E-state index in [1.807, 2.05) is 36.4 Å². The second kappa shape index (κ2) is 10.6. The number of aromatic nitrogens is 1.